The third-order valence-electron chi connectivity index (χ3n) is 4.17. The molecule has 0 aliphatic rings. The van der Waals surface area contributed by atoms with Crippen LogP contribution in [-0.4, -0.2) is 47.6 Å². The molecular weight excluding hydrogens is 356 g/mol. The van der Waals surface area contributed by atoms with Crippen LogP contribution in [0.25, 0.3) is 0 Å². The van der Waals surface area contributed by atoms with E-state index in [2.05, 4.69) is 15.5 Å². The predicted molar refractivity (Wildman–Crippen MR) is 106 cm³/mol. The minimum atomic E-state index is -0.323. The van der Waals surface area contributed by atoms with Crippen LogP contribution in [-0.2, 0) is 11.2 Å². The van der Waals surface area contributed by atoms with E-state index >= 15 is 0 Å². The molecule has 0 saturated carbocycles. The Balaban J connectivity index is 1.57. The lowest BCUT2D eigenvalue weighted by Gasteiger charge is -2.15. The Labute approximate surface area is 163 Å². The van der Waals surface area contributed by atoms with E-state index in [4.69, 9.17) is 4.74 Å². The van der Waals surface area contributed by atoms with Gasteiger partial charge in [0.1, 0.15) is 11.4 Å². The molecule has 2 amide bonds. The van der Waals surface area contributed by atoms with Crippen LogP contribution in [0.3, 0.4) is 0 Å². The van der Waals surface area contributed by atoms with Crippen LogP contribution in [0.15, 0.2) is 60.7 Å². The van der Waals surface area contributed by atoms with Crippen LogP contribution in [0.1, 0.15) is 21.7 Å². The standard InChI is InChI=1S/C21H22N4O3/c1-25(14-20(26)22-16-9-6-10-18(12-16)28-2)21(27)19-13-17(23-24-19)11-15-7-4-3-5-8-15/h3-10,12-13H,11,14H2,1-2H3,(H,22,26)(H,23,24). The second kappa shape index (κ2) is 8.85. The first kappa shape index (κ1) is 19.2. The lowest BCUT2D eigenvalue weighted by Crippen LogP contribution is -2.35. The Morgan fingerprint density at radius 3 is 2.64 bits per heavy atom. The fourth-order valence-electron chi connectivity index (χ4n) is 2.76. The van der Waals surface area contributed by atoms with E-state index < -0.39 is 0 Å². The number of rotatable bonds is 7. The van der Waals surface area contributed by atoms with E-state index in [1.165, 1.54) is 4.90 Å². The maximum atomic E-state index is 12.5. The molecule has 0 spiro atoms. The Morgan fingerprint density at radius 1 is 1.11 bits per heavy atom. The van der Waals surface area contributed by atoms with Gasteiger partial charge in [0.15, 0.2) is 0 Å². The fraction of sp³-hybridized carbons (Fsp3) is 0.190. The number of hydrogen-bond donors (Lipinski definition) is 2. The van der Waals surface area contributed by atoms with Gasteiger partial charge >= 0.3 is 0 Å². The molecule has 0 bridgehead atoms. The van der Waals surface area contributed by atoms with E-state index in [0.717, 1.165) is 11.3 Å². The lowest BCUT2D eigenvalue weighted by atomic mass is 10.1. The molecule has 0 aliphatic heterocycles. The van der Waals surface area contributed by atoms with Gasteiger partial charge in [-0.05, 0) is 23.8 Å². The summed E-state index contributed by atoms with van der Waals surface area (Å²) in [7, 11) is 3.13. The Bertz CT molecular complexity index is 953. The molecular formula is C21H22N4O3. The molecule has 0 atom stereocenters. The number of nitrogens with one attached hydrogen (secondary N) is 2. The van der Waals surface area contributed by atoms with Gasteiger partial charge in [-0.25, -0.2) is 0 Å². The third kappa shape index (κ3) is 4.97. The Kier molecular flexibility index (Phi) is 6.06. The molecule has 2 aromatic carbocycles. The topological polar surface area (TPSA) is 87.3 Å². The second-order valence-corrected chi connectivity index (χ2v) is 6.38. The first-order valence-electron chi connectivity index (χ1n) is 8.82. The van der Waals surface area contributed by atoms with Crippen LogP contribution >= 0.6 is 0 Å². The highest BCUT2D eigenvalue weighted by atomic mass is 16.5. The smallest absolute Gasteiger partial charge is 0.274 e. The van der Waals surface area contributed by atoms with Gasteiger partial charge in [-0.3, -0.25) is 14.7 Å². The average molecular weight is 378 g/mol. The number of aromatic nitrogens is 2. The number of H-pyrrole nitrogens is 1. The van der Waals surface area contributed by atoms with Gasteiger partial charge in [0.25, 0.3) is 5.91 Å². The molecule has 7 nitrogen and oxygen atoms in total. The van der Waals surface area contributed by atoms with Crippen molar-refractivity contribution < 1.29 is 14.3 Å². The summed E-state index contributed by atoms with van der Waals surface area (Å²) in [6.45, 7) is -0.0864. The summed E-state index contributed by atoms with van der Waals surface area (Å²) in [6.07, 6.45) is 0.654. The van der Waals surface area contributed by atoms with Crippen molar-refractivity contribution in [1.82, 2.24) is 15.1 Å². The molecule has 144 valence electrons. The van der Waals surface area contributed by atoms with Gasteiger partial charge in [-0.1, -0.05) is 36.4 Å². The highest BCUT2D eigenvalue weighted by molar-refractivity contribution is 5.98. The van der Waals surface area contributed by atoms with Crippen molar-refractivity contribution in [1.29, 1.82) is 0 Å². The average Bonchev–Trinajstić information content (AvgIpc) is 3.16. The van der Waals surface area contributed by atoms with Crippen molar-refractivity contribution in [2.45, 2.75) is 6.42 Å². The maximum absolute atomic E-state index is 12.5. The number of amides is 2. The number of anilines is 1. The summed E-state index contributed by atoms with van der Waals surface area (Å²) in [5, 5.41) is 9.72. The summed E-state index contributed by atoms with van der Waals surface area (Å²) in [5.41, 5.74) is 2.85. The second-order valence-electron chi connectivity index (χ2n) is 6.38. The van der Waals surface area contributed by atoms with Gasteiger partial charge in [-0.2, -0.15) is 5.10 Å². The van der Waals surface area contributed by atoms with E-state index in [1.54, 1.807) is 44.5 Å². The molecule has 1 aromatic heterocycles. The van der Waals surface area contributed by atoms with Crippen LogP contribution in [0, 0.1) is 0 Å². The highest BCUT2D eigenvalue weighted by Crippen LogP contribution is 2.16. The van der Waals surface area contributed by atoms with Crippen LogP contribution in [0.2, 0.25) is 0 Å². The van der Waals surface area contributed by atoms with Gasteiger partial charge in [0.05, 0.1) is 13.7 Å². The first-order valence-corrected chi connectivity index (χ1v) is 8.82. The number of hydrogen-bond acceptors (Lipinski definition) is 4. The number of benzene rings is 2. The van der Waals surface area contributed by atoms with Crippen LogP contribution in [0.4, 0.5) is 5.69 Å². The van der Waals surface area contributed by atoms with Gasteiger partial charge in [0, 0.05) is 30.9 Å². The quantitative estimate of drug-likeness (QED) is 0.662. The molecule has 3 aromatic rings. The molecule has 28 heavy (non-hydrogen) atoms. The van der Waals surface area contributed by atoms with Gasteiger partial charge < -0.3 is 15.0 Å². The number of ether oxygens (including phenoxy) is 1. The zero-order valence-corrected chi connectivity index (χ0v) is 15.8. The molecule has 2 N–H and O–H groups in total. The van der Waals surface area contributed by atoms with Crippen molar-refractivity contribution in [2.24, 2.45) is 0 Å². The summed E-state index contributed by atoms with van der Waals surface area (Å²) in [4.78, 5) is 26.1. The summed E-state index contributed by atoms with van der Waals surface area (Å²) >= 11 is 0. The minimum absolute atomic E-state index is 0.0864. The zero-order valence-electron chi connectivity index (χ0n) is 15.8. The number of carbonyl (C=O) groups excluding carboxylic acids is 2. The molecule has 0 radical (unpaired) electrons. The fourth-order valence-corrected chi connectivity index (χ4v) is 2.76. The van der Waals surface area contributed by atoms with E-state index in [-0.39, 0.29) is 24.1 Å². The van der Waals surface area contributed by atoms with Crippen molar-refractivity contribution in [2.75, 3.05) is 26.0 Å². The highest BCUT2D eigenvalue weighted by Gasteiger charge is 2.18. The van der Waals surface area contributed by atoms with E-state index in [9.17, 15) is 9.59 Å². The number of aromatic amines is 1. The van der Waals surface area contributed by atoms with Crippen molar-refractivity contribution >= 4 is 17.5 Å². The summed E-state index contributed by atoms with van der Waals surface area (Å²) in [6, 6.07) is 18.7. The molecule has 0 unspecified atom stereocenters. The first-order chi connectivity index (χ1) is 13.5. The normalized spacial score (nSPS) is 10.4. The lowest BCUT2D eigenvalue weighted by molar-refractivity contribution is -0.116. The molecule has 0 fully saturated rings. The van der Waals surface area contributed by atoms with Crippen LogP contribution in [0.5, 0.6) is 5.75 Å². The van der Waals surface area contributed by atoms with Crippen molar-refractivity contribution in [3.63, 3.8) is 0 Å². The van der Waals surface area contributed by atoms with Crippen molar-refractivity contribution in [3.05, 3.63) is 77.6 Å². The molecule has 1 heterocycles. The van der Waals surface area contributed by atoms with Crippen LogP contribution < -0.4 is 10.1 Å². The zero-order chi connectivity index (χ0) is 19.9. The van der Waals surface area contributed by atoms with Gasteiger partial charge in [0.2, 0.25) is 5.91 Å². The molecule has 0 aliphatic carbocycles. The molecule has 3 rings (SSSR count). The monoisotopic (exact) mass is 378 g/mol. The number of methoxy groups -OCH3 is 1. The Hall–Kier alpha value is -3.61. The number of likely N-dealkylation sites (N-methyl/N-ethyl adjacent to an activating group) is 1. The number of nitrogens with zero attached hydrogens (tertiary/aromatic N) is 2. The minimum Gasteiger partial charge on any atom is -0.497 e. The third-order valence-corrected chi connectivity index (χ3v) is 4.17. The Morgan fingerprint density at radius 2 is 1.89 bits per heavy atom. The van der Waals surface area contributed by atoms with Gasteiger partial charge in [-0.15, -0.1) is 0 Å². The SMILES string of the molecule is COc1cccc(NC(=O)CN(C)C(=O)c2cc(Cc3ccccc3)[nH]n2)c1. The molecule has 0 saturated heterocycles. The summed E-state index contributed by atoms with van der Waals surface area (Å²) in [5.74, 6) is 0.0187. The molecule has 7 heteroatoms. The maximum Gasteiger partial charge on any atom is 0.274 e. The van der Waals surface area contributed by atoms with Crippen molar-refractivity contribution in [3.8, 4) is 5.75 Å². The van der Waals surface area contributed by atoms with E-state index in [0.29, 0.717) is 17.9 Å². The summed E-state index contributed by atoms with van der Waals surface area (Å²) < 4.78 is 5.13. The predicted octanol–water partition coefficient (Wildman–Crippen LogP) is 2.72. The van der Waals surface area contributed by atoms with E-state index in [1.807, 2.05) is 30.3 Å². The number of carbonyl (C=O) groups is 2. The largest absolute Gasteiger partial charge is 0.497 e.